The zero-order valence-electron chi connectivity index (χ0n) is 17.9. The molecule has 4 aromatic rings. The van der Waals surface area contributed by atoms with Gasteiger partial charge in [0, 0.05) is 22.8 Å². The molecular formula is C23H21N5O4S. The number of nitrogens with one attached hydrogen (secondary N) is 2. The molecule has 2 aromatic heterocycles. The van der Waals surface area contributed by atoms with E-state index < -0.39 is 0 Å². The summed E-state index contributed by atoms with van der Waals surface area (Å²) in [4.78, 5) is 29.2. The first-order valence-corrected chi connectivity index (χ1v) is 10.8. The Hall–Kier alpha value is -4.18. The van der Waals surface area contributed by atoms with Crippen LogP contribution in [0.4, 0.5) is 11.4 Å². The Morgan fingerprint density at radius 3 is 2.27 bits per heavy atom. The number of rotatable bonds is 8. The average molecular weight is 464 g/mol. The number of carbonyl (C=O) groups is 2. The largest absolute Gasteiger partial charge is 0.497 e. The van der Waals surface area contributed by atoms with E-state index in [2.05, 4.69) is 20.7 Å². The minimum atomic E-state index is -0.353. The number of nitrogens with zero attached hydrogens (tertiary/aromatic N) is 3. The first kappa shape index (κ1) is 22.0. The fourth-order valence-electron chi connectivity index (χ4n) is 2.98. The van der Waals surface area contributed by atoms with Gasteiger partial charge in [0.1, 0.15) is 28.7 Å². The fourth-order valence-corrected chi connectivity index (χ4v) is 3.78. The number of aromatic nitrogens is 3. The van der Waals surface area contributed by atoms with Crippen molar-refractivity contribution in [2.75, 3.05) is 24.9 Å². The van der Waals surface area contributed by atoms with Crippen molar-refractivity contribution in [3.05, 3.63) is 72.0 Å². The molecule has 0 saturated carbocycles. The molecule has 2 heterocycles. The highest BCUT2D eigenvalue weighted by atomic mass is 32.1. The summed E-state index contributed by atoms with van der Waals surface area (Å²) >= 11 is 1.38. The molecular weight excluding hydrogens is 442 g/mol. The van der Waals surface area contributed by atoms with Crippen LogP contribution in [0, 0.1) is 0 Å². The molecule has 4 rings (SSSR count). The van der Waals surface area contributed by atoms with Crippen LogP contribution in [0.5, 0.6) is 11.5 Å². The summed E-state index contributed by atoms with van der Waals surface area (Å²) in [5, 5.41) is 12.1. The second kappa shape index (κ2) is 9.96. The first-order chi connectivity index (χ1) is 16.0. The van der Waals surface area contributed by atoms with Gasteiger partial charge in [0.15, 0.2) is 0 Å². The Morgan fingerprint density at radius 2 is 1.61 bits per heavy atom. The molecule has 0 atom stereocenters. The molecule has 33 heavy (non-hydrogen) atoms. The lowest BCUT2D eigenvalue weighted by Crippen LogP contribution is -2.19. The van der Waals surface area contributed by atoms with E-state index in [1.807, 2.05) is 24.3 Å². The zero-order chi connectivity index (χ0) is 23.2. The van der Waals surface area contributed by atoms with E-state index in [1.165, 1.54) is 22.2 Å². The van der Waals surface area contributed by atoms with Crippen molar-refractivity contribution in [2.45, 2.75) is 6.54 Å². The summed E-state index contributed by atoms with van der Waals surface area (Å²) < 4.78 is 11.7. The summed E-state index contributed by atoms with van der Waals surface area (Å²) in [6.45, 7) is 0.000217. The average Bonchev–Trinajstić information content (AvgIpc) is 3.49. The Morgan fingerprint density at radius 1 is 0.939 bits per heavy atom. The minimum Gasteiger partial charge on any atom is -0.497 e. The Kier molecular flexibility index (Phi) is 6.65. The molecule has 0 aliphatic carbocycles. The first-order valence-electron chi connectivity index (χ1n) is 9.91. The van der Waals surface area contributed by atoms with Gasteiger partial charge in [-0.05, 0) is 48.5 Å². The van der Waals surface area contributed by atoms with Gasteiger partial charge in [-0.2, -0.15) is 5.10 Å². The maximum Gasteiger partial charge on any atom is 0.275 e. The smallest absolute Gasteiger partial charge is 0.275 e. The lowest BCUT2D eigenvalue weighted by molar-refractivity contribution is -0.116. The topological polar surface area (TPSA) is 107 Å². The molecule has 0 radical (unpaired) electrons. The number of hydrogen-bond donors (Lipinski definition) is 2. The number of anilines is 2. The van der Waals surface area contributed by atoms with Crippen LogP contribution in [0.25, 0.3) is 10.6 Å². The van der Waals surface area contributed by atoms with Gasteiger partial charge in [-0.15, -0.1) is 11.3 Å². The third kappa shape index (κ3) is 5.55. The number of thiazole rings is 1. The van der Waals surface area contributed by atoms with Gasteiger partial charge < -0.3 is 20.1 Å². The van der Waals surface area contributed by atoms with Gasteiger partial charge in [-0.1, -0.05) is 0 Å². The van der Waals surface area contributed by atoms with Crippen molar-refractivity contribution in [3.63, 3.8) is 0 Å². The molecule has 0 bridgehead atoms. The summed E-state index contributed by atoms with van der Waals surface area (Å²) in [5.74, 6) is 0.859. The number of ether oxygens (including phenoxy) is 2. The Bertz CT molecular complexity index is 1250. The highest BCUT2D eigenvalue weighted by Gasteiger charge is 2.14. The number of carbonyl (C=O) groups excluding carboxylic acids is 2. The van der Waals surface area contributed by atoms with Crippen molar-refractivity contribution in [3.8, 4) is 22.1 Å². The van der Waals surface area contributed by atoms with Gasteiger partial charge in [0.2, 0.25) is 5.91 Å². The molecule has 9 nitrogen and oxygen atoms in total. The molecule has 2 aromatic carbocycles. The SMILES string of the molecule is COc1ccc(NC(=O)Cn2cc(NC(=O)c3csc(-c4ccc(OC)cc4)n3)cn2)cc1. The van der Waals surface area contributed by atoms with Gasteiger partial charge in [-0.3, -0.25) is 14.3 Å². The summed E-state index contributed by atoms with van der Waals surface area (Å²) in [6, 6.07) is 14.5. The van der Waals surface area contributed by atoms with Crippen LogP contribution in [0.2, 0.25) is 0 Å². The van der Waals surface area contributed by atoms with Crippen LogP contribution in [-0.2, 0) is 11.3 Å². The van der Waals surface area contributed by atoms with E-state index in [-0.39, 0.29) is 18.4 Å². The summed E-state index contributed by atoms with van der Waals surface area (Å²) in [6.07, 6.45) is 3.07. The van der Waals surface area contributed by atoms with Crippen molar-refractivity contribution < 1.29 is 19.1 Å². The van der Waals surface area contributed by atoms with Gasteiger partial charge in [0.05, 0.1) is 26.1 Å². The van der Waals surface area contributed by atoms with Crippen LogP contribution in [0.15, 0.2) is 66.3 Å². The highest BCUT2D eigenvalue weighted by Crippen LogP contribution is 2.26. The minimum absolute atomic E-state index is 0.000217. The lowest BCUT2D eigenvalue weighted by atomic mass is 10.2. The van der Waals surface area contributed by atoms with Crippen molar-refractivity contribution in [1.29, 1.82) is 0 Å². The van der Waals surface area contributed by atoms with Gasteiger partial charge in [-0.25, -0.2) is 4.98 Å². The third-order valence-corrected chi connectivity index (χ3v) is 5.54. The van der Waals surface area contributed by atoms with Crippen molar-refractivity contribution in [2.24, 2.45) is 0 Å². The van der Waals surface area contributed by atoms with E-state index in [0.717, 1.165) is 16.3 Å². The second-order valence-corrected chi connectivity index (χ2v) is 7.78. The van der Waals surface area contributed by atoms with Crippen LogP contribution < -0.4 is 20.1 Å². The fraction of sp³-hybridized carbons (Fsp3) is 0.130. The zero-order valence-corrected chi connectivity index (χ0v) is 18.8. The van der Waals surface area contributed by atoms with Crippen LogP contribution in [0.3, 0.4) is 0 Å². The number of amides is 2. The van der Waals surface area contributed by atoms with Crippen LogP contribution in [-0.4, -0.2) is 40.8 Å². The number of methoxy groups -OCH3 is 2. The van der Waals surface area contributed by atoms with E-state index in [0.29, 0.717) is 22.8 Å². The summed E-state index contributed by atoms with van der Waals surface area (Å²) in [7, 11) is 3.19. The molecule has 0 saturated heterocycles. The monoisotopic (exact) mass is 463 g/mol. The van der Waals surface area contributed by atoms with Crippen LogP contribution >= 0.6 is 11.3 Å². The maximum absolute atomic E-state index is 12.6. The Labute approximate surface area is 194 Å². The highest BCUT2D eigenvalue weighted by molar-refractivity contribution is 7.13. The van der Waals surface area contributed by atoms with Crippen molar-refractivity contribution >= 4 is 34.5 Å². The number of benzene rings is 2. The third-order valence-electron chi connectivity index (χ3n) is 4.64. The molecule has 0 fully saturated rings. The molecule has 168 valence electrons. The lowest BCUT2D eigenvalue weighted by Gasteiger charge is -2.06. The summed E-state index contributed by atoms with van der Waals surface area (Å²) in [5.41, 5.74) is 2.32. The van der Waals surface area contributed by atoms with E-state index in [1.54, 1.807) is 50.1 Å². The van der Waals surface area contributed by atoms with Gasteiger partial charge >= 0.3 is 0 Å². The maximum atomic E-state index is 12.6. The second-order valence-electron chi connectivity index (χ2n) is 6.92. The van der Waals surface area contributed by atoms with Crippen LogP contribution in [0.1, 0.15) is 10.5 Å². The molecule has 10 heteroatoms. The molecule has 0 aliphatic rings. The van der Waals surface area contributed by atoms with E-state index in [9.17, 15) is 9.59 Å². The molecule has 0 spiro atoms. The van der Waals surface area contributed by atoms with Crippen molar-refractivity contribution in [1.82, 2.24) is 14.8 Å². The van der Waals surface area contributed by atoms with E-state index in [4.69, 9.17) is 9.47 Å². The molecule has 0 aliphatic heterocycles. The normalized spacial score (nSPS) is 10.5. The molecule has 2 N–H and O–H groups in total. The standard InChI is InChI=1S/C23H21N5O4S/c1-31-18-7-3-15(4-8-18)23-27-20(14-33-23)22(30)26-17-11-24-28(12-17)13-21(29)25-16-5-9-19(32-2)10-6-16/h3-12,14H,13H2,1-2H3,(H,25,29)(H,26,30). The van der Waals surface area contributed by atoms with E-state index >= 15 is 0 Å². The quantitative estimate of drug-likeness (QED) is 0.410. The predicted molar refractivity (Wildman–Crippen MR) is 126 cm³/mol. The predicted octanol–water partition coefficient (Wildman–Crippen LogP) is 3.91. The Balaban J connectivity index is 1.33. The number of hydrogen-bond acceptors (Lipinski definition) is 7. The molecule has 2 amide bonds. The molecule has 0 unspecified atom stereocenters. The van der Waals surface area contributed by atoms with Gasteiger partial charge in [0.25, 0.3) is 5.91 Å².